The molecule has 1 aromatic rings. The smallest absolute Gasteiger partial charge is 0.302 e. The van der Waals surface area contributed by atoms with Gasteiger partial charge in [0.15, 0.2) is 6.29 Å². The molecule has 1 fully saturated rings. The van der Waals surface area contributed by atoms with Crippen molar-refractivity contribution in [3.05, 3.63) is 35.9 Å². The van der Waals surface area contributed by atoms with Crippen molar-refractivity contribution in [3.8, 4) is 0 Å². The van der Waals surface area contributed by atoms with Gasteiger partial charge >= 0.3 is 5.97 Å². The van der Waals surface area contributed by atoms with Gasteiger partial charge in [-0.05, 0) is 17.4 Å². The minimum absolute atomic E-state index is 0.134. The third kappa shape index (κ3) is 6.10. The highest BCUT2D eigenvalue weighted by molar-refractivity contribution is 5.65. The zero-order valence-electron chi connectivity index (χ0n) is 15.6. The highest BCUT2D eigenvalue weighted by atomic mass is 16.7. The molecule has 2 rings (SSSR count). The van der Waals surface area contributed by atoms with Gasteiger partial charge in [0, 0.05) is 12.8 Å². The molecule has 1 aliphatic heterocycles. The summed E-state index contributed by atoms with van der Waals surface area (Å²) >= 11 is 0. The normalized spacial score (nSPS) is 29.4. The van der Waals surface area contributed by atoms with Crippen LogP contribution in [0.25, 0.3) is 0 Å². The molecular formula is C20H30O5. The van der Waals surface area contributed by atoms with Crippen LogP contribution in [0.1, 0.15) is 33.3 Å². The second-order valence-electron chi connectivity index (χ2n) is 6.83. The van der Waals surface area contributed by atoms with Crippen molar-refractivity contribution < 1.29 is 23.7 Å². The summed E-state index contributed by atoms with van der Waals surface area (Å²) in [6.45, 7) is 9.72. The number of benzene rings is 1. The van der Waals surface area contributed by atoms with Crippen LogP contribution in [0.5, 0.6) is 0 Å². The van der Waals surface area contributed by atoms with Crippen LogP contribution < -0.4 is 0 Å². The highest BCUT2D eigenvalue weighted by Gasteiger charge is 2.40. The number of carbonyl (C=O) groups excluding carboxylic acids is 1. The van der Waals surface area contributed by atoms with Crippen molar-refractivity contribution in [1.82, 2.24) is 0 Å². The Bertz CT molecular complexity index is 518. The Morgan fingerprint density at radius 3 is 2.44 bits per heavy atom. The number of rotatable bonds is 8. The van der Waals surface area contributed by atoms with Gasteiger partial charge in [-0.15, -0.1) is 0 Å². The van der Waals surface area contributed by atoms with Gasteiger partial charge in [-0.3, -0.25) is 4.79 Å². The SMILES string of the molecule is CC(=O)OCC1OC(OCCOCc2ccccc2)C(C)C(C)C1C. The number of hydrogen-bond donors (Lipinski definition) is 0. The molecule has 25 heavy (non-hydrogen) atoms. The average molecular weight is 350 g/mol. The highest BCUT2D eigenvalue weighted by Crippen LogP contribution is 2.35. The largest absolute Gasteiger partial charge is 0.463 e. The topological polar surface area (TPSA) is 54.0 Å². The Morgan fingerprint density at radius 1 is 1.04 bits per heavy atom. The maximum Gasteiger partial charge on any atom is 0.302 e. The summed E-state index contributed by atoms with van der Waals surface area (Å²) < 4.78 is 22.7. The second kappa shape index (κ2) is 9.90. The second-order valence-corrected chi connectivity index (χ2v) is 6.83. The lowest BCUT2D eigenvalue weighted by molar-refractivity contribution is -0.258. The first-order chi connectivity index (χ1) is 12.0. The molecule has 1 saturated heterocycles. The molecule has 1 aromatic carbocycles. The van der Waals surface area contributed by atoms with Gasteiger partial charge in [0.25, 0.3) is 0 Å². The van der Waals surface area contributed by atoms with Gasteiger partial charge in [-0.1, -0.05) is 51.1 Å². The van der Waals surface area contributed by atoms with E-state index in [0.29, 0.717) is 31.7 Å². The molecule has 5 unspecified atom stereocenters. The zero-order chi connectivity index (χ0) is 18.2. The fourth-order valence-corrected chi connectivity index (χ4v) is 3.05. The molecule has 5 atom stereocenters. The Kier molecular flexibility index (Phi) is 7.88. The first-order valence-electron chi connectivity index (χ1n) is 9.01. The molecule has 5 heteroatoms. The molecule has 1 aliphatic rings. The maximum atomic E-state index is 11.1. The first-order valence-corrected chi connectivity index (χ1v) is 9.01. The minimum Gasteiger partial charge on any atom is -0.463 e. The standard InChI is InChI=1S/C20H30O5/c1-14-15(2)19(13-24-17(4)21)25-20(16(14)3)23-11-10-22-12-18-8-6-5-7-9-18/h5-9,14-16,19-20H,10-13H2,1-4H3. The number of hydrogen-bond acceptors (Lipinski definition) is 5. The Balaban J connectivity index is 1.74. The molecule has 0 amide bonds. The van der Waals surface area contributed by atoms with E-state index in [1.807, 2.05) is 30.3 Å². The molecule has 0 N–H and O–H groups in total. The van der Waals surface area contributed by atoms with Crippen LogP contribution in [0.4, 0.5) is 0 Å². The van der Waals surface area contributed by atoms with Crippen LogP contribution in [0, 0.1) is 17.8 Å². The maximum absolute atomic E-state index is 11.1. The van der Waals surface area contributed by atoms with Gasteiger partial charge < -0.3 is 18.9 Å². The summed E-state index contributed by atoms with van der Waals surface area (Å²) in [5.41, 5.74) is 1.15. The van der Waals surface area contributed by atoms with Crippen molar-refractivity contribution in [2.45, 2.75) is 46.7 Å². The van der Waals surface area contributed by atoms with E-state index in [4.69, 9.17) is 18.9 Å². The summed E-state index contributed by atoms with van der Waals surface area (Å²) in [7, 11) is 0. The van der Waals surface area contributed by atoms with Crippen molar-refractivity contribution in [2.24, 2.45) is 17.8 Å². The summed E-state index contributed by atoms with van der Waals surface area (Å²) in [4.78, 5) is 11.1. The van der Waals surface area contributed by atoms with Crippen LogP contribution >= 0.6 is 0 Å². The molecule has 5 nitrogen and oxygen atoms in total. The van der Waals surface area contributed by atoms with Crippen molar-refractivity contribution in [3.63, 3.8) is 0 Å². The van der Waals surface area contributed by atoms with Crippen molar-refractivity contribution in [2.75, 3.05) is 19.8 Å². The van der Waals surface area contributed by atoms with Gasteiger partial charge in [0.2, 0.25) is 0 Å². The predicted molar refractivity (Wildman–Crippen MR) is 94.8 cm³/mol. The van der Waals surface area contributed by atoms with E-state index in [2.05, 4.69) is 20.8 Å². The average Bonchev–Trinajstić information content (AvgIpc) is 2.61. The monoisotopic (exact) mass is 350 g/mol. The summed E-state index contributed by atoms with van der Waals surface area (Å²) in [6.07, 6.45) is -0.433. The Labute approximate surface area is 150 Å². The lowest BCUT2D eigenvalue weighted by Crippen LogP contribution is -2.48. The van der Waals surface area contributed by atoms with E-state index in [1.165, 1.54) is 6.92 Å². The molecule has 140 valence electrons. The third-order valence-corrected chi connectivity index (χ3v) is 5.06. The predicted octanol–water partition coefficient (Wildman–Crippen LogP) is 3.42. The first kappa shape index (κ1) is 19.9. The summed E-state index contributed by atoms with van der Waals surface area (Å²) in [6, 6.07) is 10.1. The lowest BCUT2D eigenvalue weighted by atomic mass is 9.79. The van der Waals surface area contributed by atoms with Crippen LogP contribution in [0.15, 0.2) is 30.3 Å². The number of carbonyl (C=O) groups is 1. The third-order valence-electron chi connectivity index (χ3n) is 5.06. The molecule has 0 saturated carbocycles. The van der Waals surface area contributed by atoms with Crippen LogP contribution in [-0.2, 0) is 30.3 Å². The molecule has 1 heterocycles. The Morgan fingerprint density at radius 2 is 1.76 bits per heavy atom. The van der Waals surface area contributed by atoms with E-state index >= 15 is 0 Å². The van der Waals surface area contributed by atoms with Crippen molar-refractivity contribution >= 4 is 5.97 Å². The quantitative estimate of drug-likeness (QED) is 0.531. The van der Waals surface area contributed by atoms with E-state index < -0.39 is 0 Å². The van der Waals surface area contributed by atoms with Gasteiger partial charge in [-0.2, -0.15) is 0 Å². The lowest BCUT2D eigenvalue weighted by Gasteiger charge is -2.43. The van der Waals surface area contributed by atoms with Gasteiger partial charge in [0.1, 0.15) is 6.61 Å². The molecule has 0 bridgehead atoms. The molecule has 0 aliphatic carbocycles. The van der Waals surface area contributed by atoms with E-state index in [0.717, 1.165) is 5.56 Å². The van der Waals surface area contributed by atoms with E-state index in [1.54, 1.807) is 0 Å². The minimum atomic E-state index is -0.299. The molecule has 0 spiro atoms. The number of ether oxygens (including phenoxy) is 4. The summed E-state index contributed by atoms with van der Waals surface area (Å²) in [5.74, 6) is 0.722. The van der Waals surface area contributed by atoms with Gasteiger partial charge in [0.05, 0.1) is 25.9 Å². The van der Waals surface area contributed by atoms with E-state index in [-0.39, 0.29) is 30.9 Å². The van der Waals surface area contributed by atoms with Crippen LogP contribution in [0.3, 0.4) is 0 Å². The Hall–Kier alpha value is -1.43. The molecular weight excluding hydrogens is 320 g/mol. The molecule has 0 radical (unpaired) electrons. The van der Waals surface area contributed by atoms with Crippen LogP contribution in [-0.4, -0.2) is 38.2 Å². The van der Waals surface area contributed by atoms with E-state index in [9.17, 15) is 4.79 Å². The van der Waals surface area contributed by atoms with Gasteiger partial charge in [-0.25, -0.2) is 0 Å². The molecule has 0 aromatic heterocycles. The van der Waals surface area contributed by atoms with Crippen molar-refractivity contribution in [1.29, 1.82) is 0 Å². The zero-order valence-corrected chi connectivity index (χ0v) is 15.6. The number of esters is 1. The van der Waals surface area contributed by atoms with Crippen LogP contribution in [0.2, 0.25) is 0 Å². The fourth-order valence-electron chi connectivity index (χ4n) is 3.05. The fraction of sp³-hybridized carbons (Fsp3) is 0.650. The summed E-state index contributed by atoms with van der Waals surface area (Å²) in [5, 5.41) is 0.